The Balaban J connectivity index is 1.76. The summed E-state index contributed by atoms with van der Waals surface area (Å²) in [5.41, 5.74) is 9.71. The van der Waals surface area contributed by atoms with Crippen molar-refractivity contribution in [1.29, 1.82) is 0 Å². The van der Waals surface area contributed by atoms with Crippen molar-refractivity contribution in [1.82, 2.24) is 19.1 Å². The summed E-state index contributed by atoms with van der Waals surface area (Å²) in [5, 5.41) is 0. The molecule has 3 heterocycles. The fourth-order valence-corrected chi connectivity index (χ4v) is 4.20. The lowest BCUT2D eigenvalue weighted by Gasteiger charge is -2.31. The second-order valence-electron chi connectivity index (χ2n) is 8.70. The molecule has 1 aliphatic heterocycles. The number of aryl methyl sites for hydroxylation is 2. The van der Waals surface area contributed by atoms with Gasteiger partial charge in [0.2, 0.25) is 5.95 Å². The molecule has 3 aromatic rings. The summed E-state index contributed by atoms with van der Waals surface area (Å²) in [6.07, 6.45) is 5.70. The van der Waals surface area contributed by atoms with Gasteiger partial charge in [-0.25, -0.2) is 4.98 Å². The van der Waals surface area contributed by atoms with Crippen LogP contribution in [0.4, 0.5) is 5.95 Å². The van der Waals surface area contributed by atoms with Gasteiger partial charge < -0.3 is 15.2 Å². The third-order valence-electron chi connectivity index (χ3n) is 5.96. The van der Waals surface area contributed by atoms with Crippen molar-refractivity contribution in [3.8, 4) is 0 Å². The van der Waals surface area contributed by atoms with Crippen molar-refractivity contribution in [3.63, 3.8) is 0 Å². The van der Waals surface area contributed by atoms with E-state index in [2.05, 4.69) is 37.0 Å². The van der Waals surface area contributed by atoms with E-state index in [0.717, 1.165) is 44.1 Å². The Morgan fingerprint density at radius 1 is 1.19 bits per heavy atom. The molecule has 0 spiro atoms. The van der Waals surface area contributed by atoms with Gasteiger partial charge in [-0.1, -0.05) is 42.0 Å². The molecule has 1 aliphatic rings. The quantitative estimate of drug-likeness (QED) is 0.620. The highest BCUT2D eigenvalue weighted by atomic mass is 16.1. The third-order valence-corrected chi connectivity index (χ3v) is 5.96. The number of benzene rings is 1. The number of imidazole rings is 1. The molecule has 0 bridgehead atoms. The van der Waals surface area contributed by atoms with Crippen molar-refractivity contribution < 1.29 is 0 Å². The molecule has 164 valence electrons. The second-order valence-corrected chi connectivity index (χ2v) is 8.70. The molecule has 0 amide bonds. The topological polar surface area (TPSA) is 82.0 Å². The molecule has 7 nitrogen and oxygen atoms in total. The molecule has 0 aliphatic carbocycles. The molecule has 7 heteroatoms. The highest BCUT2D eigenvalue weighted by molar-refractivity contribution is 5.74. The number of fused-ring (bicyclic) bond motifs is 1. The maximum absolute atomic E-state index is 13.4. The van der Waals surface area contributed by atoms with Crippen molar-refractivity contribution in [2.75, 3.05) is 18.0 Å². The van der Waals surface area contributed by atoms with Gasteiger partial charge in [0.1, 0.15) is 5.82 Å². The van der Waals surface area contributed by atoms with Crippen LogP contribution in [0, 0.1) is 0 Å². The number of piperidine rings is 1. The lowest BCUT2D eigenvalue weighted by atomic mass is 10.1. The van der Waals surface area contributed by atoms with E-state index in [1.807, 2.05) is 29.8 Å². The van der Waals surface area contributed by atoms with Crippen LogP contribution in [0.2, 0.25) is 0 Å². The van der Waals surface area contributed by atoms with Crippen molar-refractivity contribution in [2.45, 2.75) is 52.1 Å². The first-order valence-corrected chi connectivity index (χ1v) is 11.1. The molecule has 4 rings (SSSR count). The number of rotatable bonds is 6. The summed E-state index contributed by atoms with van der Waals surface area (Å²) in [4.78, 5) is 25.3. The van der Waals surface area contributed by atoms with Crippen LogP contribution in [-0.4, -0.2) is 38.2 Å². The first-order valence-electron chi connectivity index (χ1n) is 11.1. The molecular formula is C24H32N6O. The lowest BCUT2D eigenvalue weighted by Crippen LogP contribution is -2.44. The fourth-order valence-electron chi connectivity index (χ4n) is 4.20. The predicted octanol–water partition coefficient (Wildman–Crippen LogP) is 2.81. The SMILES string of the molecule is CC(C)=CCn1c(N2CCCC(N)C2)nc2nc(CCc3ccccc3)n(C)c(=O)c21. The van der Waals surface area contributed by atoms with Crippen LogP contribution in [-0.2, 0) is 26.4 Å². The van der Waals surface area contributed by atoms with E-state index in [4.69, 9.17) is 15.7 Å². The van der Waals surface area contributed by atoms with Gasteiger partial charge in [0.05, 0.1) is 0 Å². The molecular weight excluding hydrogens is 388 g/mol. The summed E-state index contributed by atoms with van der Waals surface area (Å²) in [6, 6.07) is 10.4. The van der Waals surface area contributed by atoms with Crippen LogP contribution in [0.1, 0.15) is 38.1 Å². The van der Waals surface area contributed by atoms with Crippen LogP contribution < -0.4 is 16.2 Å². The highest BCUT2D eigenvalue weighted by Crippen LogP contribution is 2.23. The van der Waals surface area contributed by atoms with Crippen LogP contribution in [0.5, 0.6) is 0 Å². The highest BCUT2D eigenvalue weighted by Gasteiger charge is 2.25. The average molecular weight is 421 g/mol. The maximum atomic E-state index is 13.4. The van der Waals surface area contributed by atoms with Gasteiger partial charge >= 0.3 is 0 Å². The number of nitrogens with two attached hydrogens (primary N) is 1. The molecule has 1 fully saturated rings. The monoisotopic (exact) mass is 420 g/mol. The van der Waals surface area contributed by atoms with Crippen molar-refractivity contribution in [3.05, 3.63) is 63.7 Å². The Morgan fingerprint density at radius 3 is 2.68 bits per heavy atom. The number of allylic oxidation sites excluding steroid dienone is 2. The van der Waals surface area contributed by atoms with Crippen LogP contribution in [0.15, 0.2) is 46.8 Å². The van der Waals surface area contributed by atoms with E-state index < -0.39 is 0 Å². The van der Waals surface area contributed by atoms with Gasteiger partial charge in [-0.15, -0.1) is 0 Å². The minimum atomic E-state index is -0.0460. The summed E-state index contributed by atoms with van der Waals surface area (Å²) < 4.78 is 3.69. The first kappa shape index (κ1) is 21.3. The number of anilines is 1. The Hall–Kier alpha value is -2.93. The van der Waals surface area contributed by atoms with E-state index in [1.54, 1.807) is 4.57 Å². The second kappa shape index (κ2) is 9.06. The molecule has 2 N–H and O–H groups in total. The Bertz CT molecular complexity index is 1140. The number of hydrogen-bond donors (Lipinski definition) is 1. The normalized spacial score (nSPS) is 16.6. The minimum absolute atomic E-state index is 0.0460. The van der Waals surface area contributed by atoms with Crippen LogP contribution in [0.3, 0.4) is 0 Å². The first-order chi connectivity index (χ1) is 14.9. The van der Waals surface area contributed by atoms with Crippen molar-refractivity contribution >= 4 is 17.1 Å². The largest absolute Gasteiger partial charge is 0.341 e. The van der Waals surface area contributed by atoms with Gasteiger partial charge in [-0.05, 0) is 38.7 Å². The zero-order chi connectivity index (χ0) is 22.0. The predicted molar refractivity (Wildman–Crippen MR) is 125 cm³/mol. The van der Waals surface area contributed by atoms with Crippen molar-refractivity contribution in [2.24, 2.45) is 12.8 Å². The molecule has 1 aromatic carbocycles. The van der Waals surface area contributed by atoms with Gasteiger partial charge in [0.25, 0.3) is 5.56 Å². The molecule has 2 aromatic heterocycles. The van der Waals surface area contributed by atoms with E-state index in [1.165, 1.54) is 11.1 Å². The average Bonchev–Trinajstić information content (AvgIpc) is 3.13. The zero-order valence-corrected chi connectivity index (χ0v) is 18.7. The number of aromatic nitrogens is 4. The molecule has 1 atom stereocenters. The smallest absolute Gasteiger partial charge is 0.279 e. The van der Waals surface area contributed by atoms with Gasteiger partial charge in [-0.2, -0.15) is 4.98 Å². The summed E-state index contributed by atoms with van der Waals surface area (Å²) in [5.74, 6) is 1.56. The summed E-state index contributed by atoms with van der Waals surface area (Å²) in [7, 11) is 1.81. The van der Waals surface area contributed by atoms with Gasteiger partial charge in [0.15, 0.2) is 11.2 Å². The van der Waals surface area contributed by atoms with E-state index in [9.17, 15) is 4.79 Å². The Labute approximate surface area is 183 Å². The molecule has 1 unspecified atom stereocenters. The molecule has 0 saturated carbocycles. The Kier molecular flexibility index (Phi) is 6.23. The summed E-state index contributed by atoms with van der Waals surface area (Å²) in [6.45, 7) is 6.37. The summed E-state index contributed by atoms with van der Waals surface area (Å²) >= 11 is 0. The third kappa shape index (κ3) is 4.56. The van der Waals surface area contributed by atoms with E-state index in [-0.39, 0.29) is 11.6 Å². The van der Waals surface area contributed by atoms with E-state index in [0.29, 0.717) is 24.1 Å². The molecule has 31 heavy (non-hydrogen) atoms. The molecule has 0 radical (unpaired) electrons. The number of hydrogen-bond acceptors (Lipinski definition) is 5. The standard InChI is InChI=1S/C24H32N6O/c1-17(2)13-15-30-21-22(27-24(30)29-14-7-10-19(25)16-29)26-20(28(3)23(21)31)12-11-18-8-5-4-6-9-18/h4-6,8-9,13,19H,7,10-12,14-16,25H2,1-3H3. The minimum Gasteiger partial charge on any atom is -0.341 e. The Morgan fingerprint density at radius 2 is 1.97 bits per heavy atom. The maximum Gasteiger partial charge on any atom is 0.279 e. The van der Waals surface area contributed by atoms with Gasteiger partial charge in [-0.3, -0.25) is 9.36 Å². The number of nitrogens with zero attached hydrogens (tertiary/aromatic N) is 5. The van der Waals surface area contributed by atoms with Gasteiger partial charge in [0, 0.05) is 39.1 Å². The van der Waals surface area contributed by atoms with Crippen LogP contribution in [0.25, 0.3) is 11.2 Å². The van der Waals surface area contributed by atoms with Crippen LogP contribution >= 0.6 is 0 Å². The van der Waals surface area contributed by atoms with E-state index >= 15 is 0 Å². The molecule has 1 saturated heterocycles. The fraction of sp³-hybridized carbons (Fsp3) is 0.458. The lowest BCUT2D eigenvalue weighted by molar-refractivity contribution is 0.495. The zero-order valence-electron chi connectivity index (χ0n) is 18.7.